The minimum absolute atomic E-state index is 0.101. The minimum Gasteiger partial charge on any atom is -0.398 e. The molecule has 94 valence electrons. The first-order valence-corrected chi connectivity index (χ1v) is 6.62. The summed E-state index contributed by atoms with van der Waals surface area (Å²) in [5.41, 5.74) is 9.77. The first kappa shape index (κ1) is 12.0. The van der Waals surface area contributed by atoms with Gasteiger partial charge in [-0.25, -0.2) is 0 Å². The predicted molar refractivity (Wildman–Crippen MR) is 81.5 cm³/mol. The Morgan fingerprint density at radius 2 is 1.95 bits per heavy atom. The molecule has 4 heteroatoms. The van der Waals surface area contributed by atoms with E-state index in [0.29, 0.717) is 11.3 Å². The van der Waals surface area contributed by atoms with E-state index < -0.39 is 0 Å². The Bertz CT molecular complexity index is 707. The molecule has 0 aromatic heterocycles. The van der Waals surface area contributed by atoms with Crippen LogP contribution < -0.4 is 11.1 Å². The van der Waals surface area contributed by atoms with E-state index in [1.54, 1.807) is 0 Å². The topological polar surface area (TPSA) is 55.1 Å². The van der Waals surface area contributed by atoms with Crippen LogP contribution >= 0.6 is 15.9 Å². The Morgan fingerprint density at radius 1 is 1.16 bits per heavy atom. The first-order valence-electron chi connectivity index (χ1n) is 5.82. The molecule has 1 heterocycles. The maximum absolute atomic E-state index is 12.0. The van der Waals surface area contributed by atoms with Crippen molar-refractivity contribution in [1.82, 2.24) is 0 Å². The lowest BCUT2D eigenvalue weighted by molar-refractivity contribution is -0.110. The Balaban J connectivity index is 2.14. The molecule has 0 saturated carbocycles. The average molecular weight is 315 g/mol. The summed E-state index contributed by atoms with van der Waals surface area (Å²) in [5, 5.41) is 2.85. The van der Waals surface area contributed by atoms with Crippen molar-refractivity contribution in [3.05, 3.63) is 58.1 Å². The molecule has 0 saturated heterocycles. The predicted octanol–water partition coefficient (Wildman–Crippen LogP) is 3.52. The number of rotatable bonds is 1. The Labute approximate surface area is 119 Å². The van der Waals surface area contributed by atoms with Gasteiger partial charge in [0.25, 0.3) is 5.91 Å². The van der Waals surface area contributed by atoms with E-state index in [2.05, 4.69) is 21.2 Å². The second kappa shape index (κ2) is 4.55. The molecule has 1 amide bonds. The number of hydrogen-bond acceptors (Lipinski definition) is 2. The maximum Gasteiger partial charge on any atom is 0.256 e. The molecule has 0 fully saturated rings. The normalized spacial score (nSPS) is 15.4. The number of para-hydroxylation sites is 1. The monoisotopic (exact) mass is 314 g/mol. The lowest BCUT2D eigenvalue weighted by atomic mass is 10.0. The van der Waals surface area contributed by atoms with Gasteiger partial charge >= 0.3 is 0 Å². The fourth-order valence-corrected chi connectivity index (χ4v) is 2.46. The molecule has 2 aromatic rings. The summed E-state index contributed by atoms with van der Waals surface area (Å²) < 4.78 is 0.940. The number of nitrogen functional groups attached to an aromatic ring is 1. The summed E-state index contributed by atoms with van der Waals surface area (Å²) in [7, 11) is 0. The number of amides is 1. The molecule has 1 aliphatic rings. The number of hydrogen-bond donors (Lipinski definition) is 2. The molecule has 3 nitrogen and oxygen atoms in total. The summed E-state index contributed by atoms with van der Waals surface area (Å²) in [6.07, 6.45) is 1.82. The quantitative estimate of drug-likeness (QED) is 0.625. The fraction of sp³-hybridized carbons (Fsp3) is 0. The van der Waals surface area contributed by atoms with Crippen LogP contribution in [-0.4, -0.2) is 5.91 Å². The van der Waals surface area contributed by atoms with Gasteiger partial charge in [-0.3, -0.25) is 4.79 Å². The van der Waals surface area contributed by atoms with E-state index in [0.717, 1.165) is 21.3 Å². The Hall–Kier alpha value is -2.07. The number of nitrogens with one attached hydrogen (secondary N) is 1. The third-order valence-corrected chi connectivity index (χ3v) is 3.55. The van der Waals surface area contributed by atoms with Crippen molar-refractivity contribution < 1.29 is 4.79 Å². The van der Waals surface area contributed by atoms with Gasteiger partial charge in [-0.1, -0.05) is 34.1 Å². The van der Waals surface area contributed by atoms with Gasteiger partial charge in [-0.2, -0.15) is 0 Å². The van der Waals surface area contributed by atoms with Crippen molar-refractivity contribution >= 4 is 44.9 Å². The highest BCUT2D eigenvalue weighted by Crippen LogP contribution is 2.35. The fourth-order valence-electron chi connectivity index (χ4n) is 2.10. The summed E-state index contributed by atoms with van der Waals surface area (Å²) in [6.45, 7) is 0. The van der Waals surface area contributed by atoms with Crippen LogP contribution in [0.15, 0.2) is 46.9 Å². The second-order valence-electron chi connectivity index (χ2n) is 4.33. The van der Waals surface area contributed by atoms with Gasteiger partial charge in [-0.15, -0.1) is 0 Å². The molecular weight excluding hydrogens is 304 g/mol. The molecular formula is C15H11BrN2O. The summed E-state index contributed by atoms with van der Waals surface area (Å²) in [5.74, 6) is -0.101. The van der Waals surface area contributed by atoms with Crippen LogP contribution in [0.5, 0.6) is 0 Å². The smallest absolute Gasteiger partial charge is 0.256 e. The molecule has 2 aromatic carbocycles. The molecule has 19 heavy (non-hydrogen) atoms. The lowest BCUT2D eigenvalue weighted by Crippen LogP contribution is -2.03. The molecule has 0 spiro atoms. The molecule has 3 N–H and O–H groups in total. The van der Waals surface area contributed by atoms with Gasteiger partial charge in [0.1, 0.15) is 0 Å². The lowest BCUT2D eigenvalue weighted by Gasteiger charge is -2.02. The van der Waals surface area contributed by atoms with Gasteiger partial charge in [0.2, 0.25) is 0 Å². The number of fused-ring (bicyclic) bond motifs is 1. The Kier molecular flexibility index (Phi) is 2.87. The summed E-state index contributed by atoms with van der Waals surface area (Å²) in [4.78, 5) is 12.0. The van der Waals surface area contributed by atoms with Gasteiger partial charge in [-0.05, 0) is 35.9 Å². The zero-order valence-electron chi connectivity index (χ0n) is 9.98. The molecule has 0 bridgehead atoms. The van der Waals surface area contributed by atoms with Crippen molar-refractivity contribution in [1.29, 1.82) is 0 Å². The number of benzene rings is 2. The van der Waals surface area contributed by atoms with Gasteiger partial charge in [0.05, 0.1) is 0 Å². The number of carbonyl (C=O) groups excluding carboxylic acids is 1. The van der Waals surface area contributed by atoms with Crippen LogP contribution in [0.3, 0.4) is 0 Å². The van der Waals surface area contributed by atoms with Crippen LogP contribution in [0.4, 0.5) is 11.4 Å². The molecule has 0 unspecified atom stereocenters. The third kappa shape index (κ3) is 2.15. The number of carbonyl (C=O) groups is 1. The van der Waals surface area contributed by atoms with Crippen molar-refractivity contribution in [2.24, 2.45) is 0 Å². The third-order valence-electron chi connectivity index (χ3n) is 3.06. The zero-order chi connectivity index (χ0) is 13.4. The van der Waals surface area contributed by atoms with Crippen LogP contribution in [0.1, 0.15) is 11.1 Å². The highest BCUT2D eigenvalue weighted by Gasteiger charge is 2.24. The van der Waals surface area contributed by atoms with E-state index in [-0.39, 0.29) is 5.91 Å². The largest absolute Gasteiger partial charge is 0.398 e. The SMILES string of the molecule is Nc1ccccc1C=C1C(=O)Nc2ccc(Br)cc21. The first-order chi connectivity index (χ1) is 9.15. The number of anilines is 2. The zero-order valence-corrected chi connectivity index (χ0v) is 11.6. The van der Waals surface area contributed by atoms with Crippen LogP contribution in [0, 0.1) is 0 Å². The summed E-state index contributed by atoms with van der Waals surface area (Å²) >= 11 is 3.42. The van der Waals surface area contributed by atoms with Crippen molar-refractivity contribution in [3.63, 3.8) is 0 Å². The molecule has 0 radical (unpaired) electrons. The number of halogens is 1. The van der Waals surface area contributed by atoms with Crippen LogP contribution in [-0.2, 0) is 4.79 Å². The van der Waals surface area contributed by atoms with Crippen molar-refractivity contribution in [2.45, 2.75) is 0 Å². The molecule has 3 rings (SSSR count). The van der Waals surface area contributed by atoms with Crippen molar-refractivity contribution in [3.8, 4) is 0 Å². The van der Waals surface area contributed by atoms with Crippen LogP contribution in [0.25, 0.3) is 11.6 Å². The van der Waals surface area contributed by atoms with Gasteiger partial charge in [0.15, 0.2) is 0 Å². The molecule has 0 atom stereocenters. The number of nitrogens with two attached hydrogens (primary N) is 1. The van der Waals surface area contributed by atoms with Crippen molar-refractivity contribution in [2.75, 3.05) is 11.1 Å². The highest BCUT2D eigenvalue weighted by molar-refractivity contribution is 9.10. The van der Waals surface area contributed by atoms with E-state index in [9.17, 15) is 4.79 Å². The van der Waals surface area contributed by atoms with E-state index in [4.69, 9.17) is 5.73 Å². The second-order valence-corrected chi connectivity index (χ2v) is 5.25. The highest BCUT2D eigenvalue weighted by atomic mass is 79.9. The average Bonchev–Trinajstić information content (AvgIpc) is 2.69. The van der Waals surface area contributed by atoms with E-state index >= 15 is 0 Å². The molecule has 1 aliphatic heterocycles. The van der Waals surface area contributed by atoms with E-state index in [1.807, 2.05) is 48.5 Å². The van der Waals surface area contributed by atoms with Gasteiger partial charge in [0, 0.05) is 27.0 Å². The van der Waals surface area contributed by atoms with E-state index in [1.165, 1.54) is 0 Å². The Morgan fingerprint density at radius 3 is 2.74 bits per heavy atom. The standard InChI is InChI=1S/C15H11BrN2O/c16-10-5-6-14-11(8-10)12(15(19)18-14)7-9-3-1-2-4-13(9)17/h1-8H,17H2,(H,18,19). The molecule has 0 aliphatic carbocycles. The summed E-state index contributed by atoms with van der Waals surface area (Å²) in [6, 6.07) is 13.2. The van der Waals surface area contributed by atoms with Gasteiger partial charge < -0.3 is 11.1 Å². The van der Waals surface area contributed by atoms with Crippen LogP contribution in [0.2, 0.25) is 0 Å². The maximum atomic E-state index is 12.0. The minimum atomic E-state index is -0.101.